The number of hydrogen-bond acceptors (Lipinski definition) is 2. The van der Waals surface area contributed by atoms with Crippen LogP contribution in [0, 0.1) is 5.92 Å². The Balaban J connectivity index is 2.09. The first kappa shape index (κ1) is 12.9. The lowest BCUT2D eigenvalue weighted by molar-refractivity contribution is -0.152. The fourth-order valence-electron chi connectivity index (χ4n) is 2.35. The van der Waals surface area contributed by atoms with Gasteiger partial charge in [0, 0.05) is 18.0 Å². The van der Waals surface area contributed by atoms with Gasteiger partial charge in [0.2, 0.25) is 0 Å². The Morgan fingerprint density at radius 2 is 2.06 bits per heavy atom. The number of rotatable bonds is 2. The minimum absolute atomic E-state index is 0.0691. The average Bonchev–Trinajstić information content (AvgIpc) is 2.28. The van der Waals surface area contributed by atoms with Gasteiger partial charge in [0.05, 0.1) is 12.3 Å². The predicted molar refractivity (Wildman–Crippen MR) is 71.3 cm³/mol. The fourth-order valence-corrected chi connectivity index (χ4v) is 2.47. The maximum absolute atomic E-state index is 6.02. The van der Waals surface area contributed by atoms with Gasteiger partial charge in [0.15, 0.2) is 0 Å². The number of nitrogens with zero attached hydrogens (tertiary/aromatic N) is 1. The summed E-state index contributed by atoms with van der Waals surface area (Å²) in [5, 5.41) is 0.788. The molecule has 2 rings (SSSR count). The van der Waals surface area contributed by atoms with Crippen molar-refractivity contribution in [2.75, 3.05) is 20.3 Å². The molecule has 0 spiro atoms. The minimum atomic E-state index is -0.0691. The van der Waals surface area contributed by atoms with E-state index in [9.17, 15) is 0 Å². The average molecular weight is 254 g/mol. The lowest BCUT2D eigenvalue weighted by Crippen LogP contribution is -2.51. The number of hydrogen-bond donors (Lipinski definition) is 0. The Bertz CT molecular complexity index is 378. The molecule has 0 aromatic heterocycles. The molecule has 1 aliphatic heterocycles. The van der Waals surface area contributed by atoms with Crippen LogP contribution in [0.2, 0.25) is 5.02 Å². The van der Waals surface area contributed by atoms with E-state index in [1.807, 2.05) is 12.1 Å². The quantitative estimate of drug-likeness (QED) is 0.803. The summed E-state index contributed by atoms with van der Waals surface area (Å²) in [7, 11) is 2.10. The molecule has 3 heteroatoms. The predicted octanol–water partition coefficient (Wildman–Crippen LogP) is 3.20. The molecule has 1 heterocycles. The first-order chi connectivity index (χ1) is 7.99. The van der Waals surface area contributed by atoms with Crippen LogP contribution in [0.5, 0.6) is 0 Å². The molecule has 17 heavy (non-hydrogen) atoms. The van der Waals surface area contributed by atoms with E-state index < -0.39 is 0 Å². The van der Waals surface area contributed by atoms with Gasteiger partial charge >= 0.3 is 0 Å². The van der Waals surface area contributed by atoms with Crippen molar-refractivity contribution in [3.05, 3.63) is 34.9 Å². The van der Waals surface area contributed by atoms with Crippen LogP contribution in [-0.4, -0.2) is 30.8 Å². The third kappa shape index (κ3) is 3.01. The van der Waals surface area contributed by atoms with Crippen LogP contribution in [0.15, 0.2) is 24.3 Å². The van der Waals surface area contributed by atoms with Gasteiger partial charge in [-0.25, -0.2) is 0 Å². The van der Waals surface area contributed by atoms with Crippen molar-refractivity contribution >= 4 is 11.6 Å². The number of benzene rings is 1. The summed E-state index contributed by atoms with van der Waals surface area (Å²) in [4.78, 5) is 2.22. The molecular formula is C14H20ClNO. The first-order valence-corrected chi connectivity index (χ1v) is 6.44. The maximum Gasteiger partial charge on any atom is 0.0995 e. The fraction of sp³-hybridized carbons (Fsp3) is 0.571. The second-order valence-electron chi connectivity index (χ2n) is 5.33. The van der Waals surface area contributed by atoms with Crippen LogP contribution < -0.4 is 0 Å². The first-order valence-electron chi connectivity index (χ1n) is 6.06. The summed E-state index contributed by atoms with van der Waals surface area (Å²) in [5.41, 5.74) is 1.22. The summed E-state index contributed by atoms with van der Waals surface area (Å²) in [6, 6.07) is 8.06. The van der Waals surface area contributed by atoms with Crippen molar-refractivity contribution in [2.45, 2.75) is 25.9 Å². The molecule has 94 valence electrons. The molecule has 1 aliphatic rings. The van der Waals surface area contributed by atoms with E-state index in [0.717, 1.165) is 18.0 Å². The van der Waals surface area contributed by atoms with E-state index in [0.29, 0.717) is 12.6 Å². The van der Waals surface area contributed by atoms with Crippen LogP contribution in [0.3, 0.4) is 0 Å². The highest BCUT2D eigenvalue weighted by Gasteiger charge is 2.36. The van der Waals surface area contributed by atoms with Crippen molar-refractivity contribution in [1.82, 2.24) is 4.90 Å². The van der Waals surface area contributed by atoms with Crippen LogP contribution >= 0.6 is 11.6 Å². The van der Waals surface area contributed by atoms with Gasteiger partial charge in [-0.1, -0.05) is 30.7 Å². The summed E-state index contributed by atoms with van der Waals surface area (Å²) in [5.74, 6) is 0.525. The van der Waals surface area contributed by atoms with E-state index in [4.69, 9.17) is 16.3 Å². The summed E-state index contributed by atoms with van der Waals surface area (Å²) >= 11 is 5.90. The van der Waals surface area contributed by atoms with E-state index in [1.54, 1.807) is 0 Å². The molecule has 0 amide bonds. The molecule has 0 saturated carbocycles. The van der Waals surface area contributed by atoms with Crippen LogP contribution in [0.25, 0.3) is 0 Å². The maximum atomic E-state index is 6.02. The molecule has 2 unspecified atom stereocenters. The zero-order valence-electron chi connectivity index (χ0n) is 10.7. The molecule has 2 atom stereocenters. The SMILES string of the molecule is CC1CN(C)COC1(C)Cc1ccc(Cl)cc1. The highest BCUT2D eigenvalue weighted by atomic mass is 35.5. The molecule has 0 radical (unpaired) electrons. The van der Waals surface area contributed by atoms with Crippen molar-refractivity contribution < 1.29 is 4.74 Å². The third-order valence-corrected chi connectivity index (χ3v) is 3.96. The Kier molecular flexibility index (Phi) is 3.76. The second-order valence-corrected chi connectivity index (χ2v) is 5.77. The normalized spacial score (nSPS) is 30.5. The molecule has 1 aromatic rings. The Hall–Kier alpha value is -0.570. The molecule has 1 saturated heterocycles. The molecular weight excluding hydrogens is 234 g/mol. The molecule has 0 bridgehead atoms. The van der Waals surface area contributed by atoms with Crippen LogP contribution in [0.4, 0.5) is 0 Å². The number of ether oxygens (including phenoxy) is 1. The number of halogens is 1. The zero-order valence-corrected chi connectivity index (χ0v) is 11.5. The highest BCUT2D eigenvalue weighted by Crippen LogP contribution is 2.30. The van der Waals surface area contributed by atoms with Crippen molar-refractivity contribution in [3.63, 3.8) is 0 Å². The van der Waals surface area contributed by atoms with Gasteiger partial charge in [-0.05, 0) is 37.6 Å². The van der Waals surface area contributed by atoms with Gasteiger partial charge in [-0.15, -0.1) is 0 Å². The van der Waals surface area contributed by atoms with E-state index in [2.05, 4.69) is 37.9 Å². The highest BCUT2D eigenvalue weighted by molar-refractivity contribution is 6.30. The standard InChI is InChI=1S/C14H20ClNO/c1-11-9-16(3)10-17-14(11,2)8-12-4-6-13(15)7-5-12/h4-7,11H,8-10H2,1-3H3. The van der Waals surface area contributed by atoms with E-state index in [-0.39, 0.29) is 5.60 Å². The monoisotopic (exact) mass is 253 g/mol. The Morgan fingerprint density at radius 3 is 2.65 bits per heavy atom. The summed E-state index contributed by atoms with van der Waals surface area (Å²) in [6.45, 7) is 6.27. The molecule has 0 aliphatic carbocycles. The largest absolute Gasteiger partial charge is 0.359 e. The smallest absolute Gasteiger partial charge is 0.0995 e. The Labute approximate surface area is 109 Å². The minimum Gasteiger partial charge on any atom is -0.359 e. The van der Waals surface area contributed by atoms with Crippen LogP contribution in [0.1, 0.15) is 19.4 Å². The lowest BCUT2D eigenvalue weighted by atomic mass is 9.83. The molecule has 2 nitrogen and oxygen atoms in total. The Morgan fingerprint density at radius 1 is 1.41 bits per heavy atom. The lowest BCUT2D eigenvalue weighted by Gasteiger charge is -2.43. The van der Waals surface area contributed by atoms with Gasteiger partial charge in [0.25, 0.3) is 0 Å². The van der Waals surface area contributed by atoms with Crippen molar-refractivity contribution in [3.8, 4) is 0 Å². The van der Waals surface area contributed by atoms with Gasteiger partial charge in [0.1, 0.15) is 0 Å². The molecule has 0 N–H and O–H groups in total. The van der Waals surface area contributed by atoms with Gasteiger partial charge < -0.3 is 4.74 Å². The van der Waals surface area contributed by atoms with Gasteiger partial charge in [-0.3, -0.25) is 4.90 Å². The summed E-state index contributed by atoms with van der Waals surface area (Å²) < 4.78 is 6.02. The summed E-state index contributed by atoms with van der Waals surface area (Å²) in [6.07, 6.45) is 0.944. The topological polar surface area (TPSA) is 12.5 Å². The molecule has 1 aromatic carbocycles. The van der Waals surface area contributed by atoms with E-state index in [1.165, 1.54) is 5.56 Å². The molecule has 1 fully saturated rings. The zero-order chi connectivity index (χ0) is 12.5. The third-order valence-electron chi connectivity index (χ3n) is 3.71. The van der Waals surface area contributed by atoms with E-state index >= 15 is 0 Å². The van der Waals surface area contributed by atoms with Crippen molar-refractivity contribution in [2.24, 2.45) is 5.92 Å². The van der Waals surface area contributed by atoms with Crippen LogP contribution in [-0.2, 0) is 11.2 Å². The van der Waals surface area contributed by atoms with Gasteiger partial charge in [-0.2, -0.15) is 0 Å². The van der Waals surface area contributed by atoms with Crippen molar-refractivity contribution in [1.29, 1.82) is 0 Å². The second kappa shape index (κ2) is 4.97.